The summed E-state index contributed by atoms with van der Waals surface area (Å²) >= 11 is 0. The van der Waals surface area contributed by atoms with E-state index in [1.807, 2.05) is 6.92 Å². The molecule has 7 heteroatoms. The van der Waals surface area contributed by atoms with Crippen LogP contribution >= 0.6 is 0 Å². The van der Waals surface area contributed by atoms with Crippen LogP contribution in [-0.2, 0) is 0 Å². The van der Waals surface area contributed by atoms with E-state index in [0.717, 1.165) is 19.0 Å². The van der Waals surface area contributed by atoms with Crippen molar-refractivity contribution < 1.29 is 4.74 Å². The average molecular weight is 280 g/mol. The van der Waals surface area contributed by atoms with Gasteiger partial charge in [-0.25, -0.2) is 5.84 Å². The lowest BCUT2D eigenvalue weighted by Crippen LogP contribution is -2.27. The van der Waals surface area contributed by atoms with E-state index in [9.17, 15) is 0 Å². The number of anilines is 2. The maximum Gasteiger partial charge on any atom is 0.323 e. The Labute approximate surface area is 119 Å². The van der Waals surface area contributed by atoms with Crippen molar-refractivity contribution in [2.75, 3.05) is 30.0 Å². The van der Waals surface area contributed by atoms with Gasteiger partial charge in [-0.1, -0.05) is 13.3 Å². The summed E-state index contributed by atoms with van der Waals surface area (Å²) in [5.41, 5.74) is 2.47. The molecule has 0 amide bonds. The van der Waals surface area contributed by atoms with Gasteiger partial charge in [0.2, 0.25) is 11.9 Å². The molecule has 7 nitrogen and oxygen atoms in total. The van der Waals surface area contributed by atoms with Gasteiger partial charge in [0, 0.05) is 13.1 Å². The van der Waals surface area contributed by atoms with Crippen LogP contribution in [0.1, 0.15) is 39.5 Å². The van der Waals surface area contributed by atoms with Gasteiger partial charge in [-0.3, -0.25) is 5.43 Å². The smallest absolute Gasteiger partial charge is 0.323 e. The van der Waals surface area contributed by atoms with Crippen molar-refractivity contribution in [2.24, 2.45) is 11.8 Å². The SMILES string of the molecule is CCOc1nc(NN)nc(N2CCCC(CC)CC2)n1. The third-order valence-electron chi connectivity index (χ3n) is 3.71. The molecular weight excluding hydrogens is 256 g/mol. The van der Waals surface area contributed by atoms with Crippen LogP contribution in [0.25, 0.3) is 0 Å². The minimum absolute atomic E-state index is 0.321. The largest absolute Gasteiger partial charge is 0.464 e. The lowest BCUT2D eigenvalue weighted by molar-refractivity contribution is 0.312. The molecule has 20 heavy (non-hydrogen) atoms. The van der Waals surface area contributed by atoms with Gasteiger partial charge in [0.25, 0.3) is 0 Å². The molecule has 2 rings (SSSR count). The Hall–Kier alpha value is -1.63. The highest BCUT2D eigenvalue weighted by Gasteiger charge is 2.19. The van der Waals surface area contributed by atoms with E-state index in [4.69, 9.17) is 10.6 Å². The predicted octanol–water partition coefficient (Wildman–Crippen LogP) is 1.57. The Morgan fingerprint density at radius 2 is 2.10 bits per heavy atom. The van der Waals surface area contributed by atoms with Crippen LogP contribution in [0.15, 0.2) is 0 Å². The normalized spacial score (nSPS) is 19.6. The molecule has 112 valence electrons. The summed E-state index contributed by atoms with van der Waals surface area (Å²) in [7, 11) is 0. The standard InChI is InChI=1S/C13H24N6O/c1-3-10-6-5-8-19(9-7-10)12-15-11(18-14)16-13(17-12)20-4-2/h10H,3-9,14H2,1-2H3,(H,15,16,17,18). The summed E-state index contributed by atoms with van der Waals surface area (Å²) < 4.78 is 5.37. The number of ether oxygens (including phenoxy) is 1. The Kier molecular flexibility index (Phi) is 5.34. The minimum atomic E-state index is 0.321. The van der Waals surface area contributed by atoms with E-state index in [2.05, 4.69) is 32.2 Å². The lowest BCUT2D eigenvalue weighted by Gasteiger charge is -2.21. The zero-order chi connectivity index (χ0) is 14.4. The van der Waals surface area contributed by atoms with E-state index < -0.39 is 0 Å². The second-order valence-electron chi connectivity index (χ2n) is 5.01. The molecule has 1 aliphatic heterocycles. The molecule has 3 N–H and O–H groups in total. The molecule has 0 bridgehead atoms. The van der Waals surface area contributed by atoms with Crippen LogP contribution in [0.4, 0.5) is 11.9 Å². The molecule has 1 saturated heterocycles. The quantitative estimate of drug-likeness (QED) is 0.625. The molecule has 0 saturated carbocycles. The average Bonchev–Trinajstić information content (AvgIpc) is 2.72. The summed E-state index contributed by atoms with van der Waals surface area (Å²) in [6.45, 7) is 6.61. The van der Waals surface area contributed by atoms with E-state index in [0.29, 0.717) is 24.5 Å². The molecule has 0 aromatic carbocycles. The fourth-order valence-corrected chi connectivity index (χ4v) is 2.52. The number of hydrogen-bond acceptors (Lipinski definition) is 7. The number of nitrogen functional groups attached to an aromatic ring is 1. The van der Waals surface area contributed by atoms with Gasteiger partial charge in [-0.2, -0.15) is 15.0 Å². The lowest BCUT2D eigenvalue weighted by atomic mass is 9.98. The summed E-state index contributed by atoms with van der Waals surface area (Å²) in [4.78, 5) is 15.0. The number of nitrogens with zero attached hydrogens (tertiary/aromatic N) is 4. The number of hydrazine groups is 1. The van der Waals surface area contributed by atoms with Gasteiger partial charge in [0.05, 0.1) is 6.61 Å². The highest BCUT2D eigenvalue weighted by Crippen LogP contribution is 2.23. The van der Waals surface area contributed by atoms with Crippen molar-refractivity contribution in [3.05, 3.63) is 0 Å². The first-order chi connectivity index (χ1) is 9.76. The highest BCUT2D eigenvalue weighted by molar-refractivity contribution is 5.37. The Balaban J connectivity index is 2.15. The fourth-order valence-electron chi connectivity index (χ4n) is 2.52. The summed E-state index contributed by atoms with van der Waals surface area (Å²) in [6.07, 6.45) is 4.86. The van der Waals surface area contributed by atoms with Gasteiger partial charge in [-0.05, 0) is 32.1 Å². The van der Waals surface area contributed by atoms with Crippen LogP contribution in [0.3, 0.4) is 0 Å². The molecule has 2 heterocycles. The van der Waals surface area contributed by atoms with Crippen LogP contribution in [0, 0.1) is 5.92 Å². The highest BCUT2D eigenvalue weighted by atomic mass is 16.5. The zero-order valence-corrected chi connectivity index (χ0v) is 12.3. The van der Waals surface area contributed by atoms with Crippen LogP contribution in [0.5, 0.6) is 6.01 Å². The van der Waals surface area contributed by atoms with Gasteiger partial charge in [0.1, 0.15) is 0 Å². The van der Waals surface area contributed by atoms with Crippen LogP contribution in [-0.4, -0.2) is 34.6 Å². The summed E-state index contributed by atoms with van der Waals surface area (Å²) in [5.74, 6) is 7.21. The van der Waals surface area contributed by atoms with Gasteiger partial charge >= 0.3 is 6.01 Å². The van der Waals surface area contributed by atoms with Crippen molar-refractivity contribution in [3.8, 4) is 6.01 Å². The zero-order valence-electron chi connectivity index (χ0n) is 12.3. The first-order valence-corrected chi connectivity index (χ1v) is 7.37. The minimum Gasteiger partial charge on any atom is -0.464 e. The molecule has 1 fully saturated rings. The van der Waals surface area contributed by atoms with Gasteiger partial charge < -0.3 is 9.64 Å². The van der Waals surface area contributed by atoms with Gasteiger partial charge in [0.15, 0.2) is 0 Å². The Morgan fingerprint density at radius 1 is 1.25 bits per heavy atom. The molecule has 0 radical (unpaired) electrons. The number of nitrogens with one attached hydrogen (secondary N) is 1. The van der Waals surface area contributed by atoms with Crippen molar-refractivity contribution in [3.63, 3.8) is 0 Å². The first kappa shape index (κ1) is 14.8. The number of nitrogens with two attached hydrogens (primary N) is 1. The second kappa shape index (κ2) is 7.23. The topological polar surface area (TPSA) is 89.2 Å². The number of aromatic nitrogens is 3. The first-order valence-electron chi connectivity index (χ1n) is 7.37. The maximum atomic E-state index is 5.41. The summed E-state index contributed by atoms with van der Waals surface area (Å²) in [6, 6.07) is 0.321. The van der Waals surface area contributed by atoms with E-state index in [1.165, 1.54) is 25.7 Å². The van der Waals surface area contributed by atoms with E-state index in [1.54, 1.807) is 0 Å². The van der Waals surface area contributed by atoms with E-state index in [-0.39, 0.29) is 0 Å². The summed E-state index contributed by atoms with van der Waals surface area (Å²) in [5, 5.41) is 0. The van der Waals surface area contributed by atoms with Crippen molar-refractivity contribution in [1.29, 1.82) is 0 Å². The maximum absolute atomic E-state index is 5.41. The molecule has 1 atom stereocenters. The molecule has 1 aromatic heterocycles. The second-order valence-corrected chi connectivity index (χ2v) is 5.01. The van der Waals surface area contributed by atoms with Crippen LogP contribution in [0.2, 0.25) is 0 Å². The van der Waals surface area contributed by atoms with Gasteiger partial charge in [-0.15, -0.1) is 0 Å². The molecule has 1 unspecified atom stereocenters. The predicted molar refractivity (Wildman–Crippen MR) is 78.7 cm³/mol. The monoisotopic (exact) mass is 280 g/mol. The number of rotatable bonds is 5. The molecule has 1 aliphatic rings. The molecular formula is C13H24N6O. The molecule has 0 spiro atoms. The Bertz CT molecular complexity index is 427. The van der Waals surface area contributed by atoms with Crippen molar-refractivity contribution >= 4 is 11.9 Å². The van der Waals surface area contributed by atoms with Crippen molar-refractivity contribution in [2.45, 2.75) is 39.5 Å². The fraction of sp³-hybridized carbons (Fsp3) is 0.769. The van der Waals surface area contributed by atoms with E-state index >= 15 is 0 Å². The number of hydrogen-bond donors (Lipinski definition) is 2. The Morgan fingerprint density at radius 3 is 2.80 bits per heavy atom. The third kappa shape index (κ3) is 3.69. The third-order valence-corrected chi connectivity index (χ3v) is 3.71. The van der Waals surface area contributed by atoms with Crippen LogP contribution < -0.4 is 20.9 Å². The molecule has 1 aromatic rings. The molecule has 0 aliphatic carbocycles. The van der Waals surface area contributed by atoms with Crippen molar-refractivity contribution in [1.82, 2.24) is 15.0 Å².